The van der Waals surface area contributed by atoms with Gasteiger partial charge in [0, 0.05) is 35.8 Å². The lowest BCUT2D eigenvalue weighted by Crippen LogP contribution is -2.57. The molecule has 232 valence electrons. The van der Waals surface area contributed by atoms with E-state index in [1.54, 1.807) is 39.5 Å². The Morgan fingerprint density at radius 1 is 0.932 bits per heavy atom. The lowest BCUT2D eigenvalue weighted by Gasteiger charge is -2.35. The minimum Gasteiger partial charge on any atom is -0.496 e. The molecule has 0 aromatic heterocycles. The van der Waals surface area contributed by atoms with Crippen LogP contribution in [0.15, 0.2) is 48.2 Å². The average Bonchev–Trinajstić information content (AvgIpc) is 3.50. The standard InChI is InChI=1S/C33H36N2O9/c1-19-28(40-5)22(14-26(39-4)30(19)41-6)12-24-33(37)35(16-21-10-8-7-9-11-21)25(32(36)34-24)13-23-15-27-31(44-18-42-27)20(2)29(23)43-17-38-3/h7-11,13-15,24H,12,16-18H2,1-6H3,(H,34,36)/b25-13-. The minimum atomic E-state index is -0.877. The second-order valence-corrected chi connectivity index (χ2v) is 10.3. The number of nitrogens with zero attached hydrogens (tertiary/aromatic N) is 1. The van der Waals surface area contributed by atoms with Crippen molar-refractivity contribution in [2.45, 2.75) is 32.9 Å². The highest BCUT2D eigenvalue weighted by Gasteiger charge is 2.38. The number of amides is 2. The van der Waals surface area contributed by atoms with E-state index in [0.717, 1.165) is 11.1 Å². The molecule has 0 bridgehead atoms. The first kappa shape index (κ1) is 30.6. The molecule has 11 nitrogen and oxygen atoms in total. The molecule has 0 aliphatic carbocycles. The Balaban J connectivity index is 1.57. The molecule has 1 saturated heterocycles. The predicted molar refractivity (Wildman–Crippen MR) is 161 cm³/mol. The molecule has 0 saturated carbocycles. The molecular formula is C33H36N2O9. The number of hydrogen-bond donors (Lipinski definition) is 1. The van der Waals surface area contributed by atoms with Crippen LogP contribution in [0.5, 0.6) is 34.5 Å². The molecule has 0 radical (unpaired) electrons. The molecule has 11 heteroatoms. The third-order valence-corrected chi connectivity index (χ3v) is 7.62. The van der Waals surface area contributed by atoms with Crippen molar-refractivity contribution in [3.8, 4) is 34.5 Å². The van der Waals surface area contributed by atoms with Gasteiger partial charge in [-0.15, -0.1) is 0 Å². The number of carbonyl (C=O) groups excluding carboxylic acids is 2. The van der Waals surface area contributed by atoms with E-state index in [1.807, 2.05) is 44.2 Å². The Bertz CT molecular complexity index is 1590. The molecule has 2 heterocycles. The summed E-state index contributed by atoms with van der Waals surface area (Å²) in [5, 5.41) is 2.92. The molecular weight excluding hydrogens is 568 g/mol. The monoisotopic (exact) mass is 604 g/mol. The molecule has 44 heavy (non-hydrogen) atoms. The lowest BCUT2D eigenvalue weighted by atomic mass is 9.97. The molecule has 1 unspecified atom stereocenters. The number of nitrogens with one attached hydrogen (secondary N) is 1. The van der Waals surface area contributed by atoms with Crippen molar-refractivity contribution in [3.05, 3.63) is 76.0 Å². The predicted octanol–water partition coefficient (Wildman–Crippen LogP) is 4.15. The van der Waals surface area contributed by atoms with Crippen LogP contribution in [-0.2, 0) is 27.3 Å². The zero-order chi connectivity index (χ0) is 31.4. The Labute approximate surface area is 256 Å². The first-order chi connectivity index (χ1) is 21.3. The van der Waals surface area contributed by atoms with Crippen molar-refractivity contribution in [1.82, 2.24) is 10.2 Å². The zero-order valence-corrected chi connectivity index (χ0v) is 25.6. The molecule has 2 amide bonds. The van der Waals surface area contributed by atoms with Crippen LogP contribution in [-0.4, -0.2) is 64.8 Å². The van der Waals surface area contributed by atoms with Gasteiger partial charge in [0.05, 0.1) is 27.9 Å². The molecule has 1 N–H and O–H groups in total. The quantitative estimate of drug-likeness (QED) is 0.255. The molecule has 2 aliphatic rings. The van der Waals surface area contributed by atoms with Crippen molar-refractivity contribution in [3.63, 3.8) is 0 Å². The van der Waals surface area contributed by atoms with Crippen molar-refractivity contribution in [2.75, 3.05) is 42.0 Å². The van der Waals surface area contributed by atoms with Crippen LogP contribution in [0.2, 0.25) is 0 Å². The van der Waals surface area contributed by atoms with Gasteiger partial charge in [-0.3, -0.25) is 9.59 Å². The molecule has 2 aliphatic heterocycles. The third kappa shape index (κ3) is 5.83. The minimum absolute atomic E-state index is 0.0236. The lowest BCUT2D eigenvalue weighted by molar-refractivity contribution is -0.140. The van der Waals surface area contributed by atoms with Gasteiger partial charge in [0.15, 0.2) is 29.8 Å². The zero-order valence-electron chi connectivity index (χ0n) is 25.6. The Morgan fingerprint density at radius 2 is 1.68 bits per heavy atom. The van der Waals surface area contributed by atoms with Crippen molar-refractivity contribution in [1.29, 1.82) is 0 Å². The number of benzene rings is 3. The summed E-state index contributed by atoms with van der Waals surface area (Å²) >= 11 is 0. The van der Waals surface area contributed by atoms with Crippen LogP contribution in [0.1, 0.15) is 27.8 Å². The van der Waals surface area contributed by atoms with Gasteiger partial charge in [0.2, 0.25) is 12.7 Å². The van der Waals surface area contributed by atoms with Crippen LogP contribution >= 0.6 is 0 Å². The van der Waals surface area contributed by atoms with Crippen LogP contribution in [0, 0.1) is 13.8 Å². The van der Waals surface area contributed by atoms with Gasteiger partial charge < -0.3 is 43.4 Å². The highest BCUT2D eigenvalue weighted by atomic mass is 16.7. The summed E-state index contributed by atoms with van der Waals surface area (Å²) in [6, 6.07) is 12.1. The van der Waals surface area contributed by atoms with Gasteiger partial charge in [-0.1, -0.05) is 30.3 Å². The maximum absolute atomic E-state index is 14.2. The van der Waals surface area contributed by atoms with Gasteiger partial charge in [-0.2, -0.15) is 0 Å². The fourth-order valence-corrected chi connectivity index (χ4v) is 5.59. The smallest absolute Gasteiger partial charge is 0.268 e. The summed E-state index contributed by atoms with van der Waals surface area (Å²) in [5.74, 6) is 2.41. The normalized spacial score (nSPS) is 16.6. The van der Waals surface area contributed by atoms with Crippen molar-refractivity contribution < 1.29 is 42.7 Å². The highest BCUT2D eigenvalue weighted by Crippen LogP contribution is 2.44. The van der Waals surface area contributed by atoms with E-state index in [2.05, 4.69) is 5.32 Å². The topological polar surface area (TPSA) is 114 Å². The third-order valence-electron chi connectivity index (χ3n) is 7.62. The molecule has 3 aromatic carbocycles. The summed E-state index contributed by atoms with van der Waals surface area (Å²) in [6.45, 7) is 3.91. The second kappa shape index (κ2) is 13.2. The first-order valence-corrected chi connectivity index (χ1v) is 14.0. The largest absolute Gasteiger partial charge is 0.496 e. The number of piperazine rings is 1. The maximum atomic E-state index is 14.2. The van der Waals surface area contributed by atoms with E-state index in [-0.39, 0.29) is 38.2 Å². The molecule has 0 spiro atoms. The number of fused-ring (bicyclic) bond motifs is 1. The summed E-state index contributed by atoms with van der Waals surface area (Å²) in [4.78, 5) is 29.6. The molecule has 1 fully saturated rings. The summed E-state index contributed by atoms with van der Waals surface area (Å²) in [7, 11) is 6.17. The summed E-state index contributed by atoms with van der Waals surface area (Å²) in [5.41, 5.74) is 3.66. The summed E-state index contributed by atoms with van der Waals surface area (Å²) in [6.07, 6.45) is 1.80. The number of carbonyl (C=O) groups is 2. The van der Waals surface area contributed by atoms with E-state index >= 15 is 0 Å². The van der Waals surface area contributed by atoms with Crippen molar-refractivity contribution in [2.24, 2.45) is 0 Å². The van der Waals surface area contributed by atoms with Crippen LogP contribution in [0.3, 0.4) is 0 Å². The second-order valence-electron chi connectivity index (χ2n) is 10.3. The van der Waals surface area contributed by atoms with E-state index in [1.165, 1.54) is 12.0 Å². The van der Waals surface area contributed by atoms with Crippen LogP contribution < -0.4 is 33.7 Å². The van der Waals surface area contributed by atoms with E-state index in [0.29, 0.717) is 51.2 Å². The number of rotatable bonds is 11. The van der Waals surface area contributed by atoms with Crippen molar-refractivity contribution >= 4 is 17.9 Å². The van der Waals surface area contributed by atoms with Gasteiger partial charge in [-0.05, 0) is 37.6 Å². The number of ether oxygens (including phenoxy) is 7. The van der Waals surface area contributed by atoms with E-state index < -0.39 is 11.9 Å². The maximum Gasteiger partial charge on any atom is 0.268 e. The van der Waals surface area contributed by atoms with Gasteiger partial charge >= 0.3 is 0 Å². The Hall–Kier alpha value is -4.90. The van der Waals surface area contributed by atoms with Crippen LogP contribution in [0.4, 0.5) is 0 Å². The van der Waals surface area contributed by atoms with E-state index in [4.69, 9.17) is 33.2 Å². The number of methoxy groups -OCH3 is 4. The Kier molecular flexibility index (Phi) is 9.15. The van der Waals surface area contributed by atoms with Gasteiger partial charge in [0.25, 0.3) is 5.91 Å². The van der Waals surface area contributed by atoms with Crippen LogP contribution in [0.25, 0.3) is 6.08 Å². The highest BCUT2D eigenvalue weighted by molar-refractivity contribution is 6.07. The SMILES string of the molecule is COCOc1c(/C=C2/C(=O)NC(Cc3cc(OC)c(OC)c(C)c3OC)C(=O)N2Cc2ccccc2)cc2c(c1C)OCO2. The van der Waals surface area contributed by atoms with E-state index in [9.17, 15) is 9.59 Å². The van der Waals surface area contributed by atoms with Gasteiger partial charge in [-0.25, -0.2) is 0 Å². The molecule has 1 atom stereocenters. The molecule has 5 rings (SSSR count). The Morgan fingerprint density at radius 3 is 2.36 bits per heavy atom. The fraction of sp³-hybridized carbons (Fsp3) is 0.333. The average molecular weight is 605 g/mol. The summed E-state index contributed by atoms with van der Waals surface area (Å²) < 4.78 is 39.1. The fourth-order valence-electron chi connectivity index (χ4n) is 5.59. The number of hydrogen-bond acceptors (Lipinski definition) is 9. The van der Waals surface area contributed by atoms with Gasteiger partial charge in [0.1, 0.15) is 23.2 Å². The first-order valence-electron chi connectivity index (χ1n) is 14.0. The molecule has 3 aromatic rings.